The first-order valence-corrected chi connectivity index (χ1v) is 11.5. The summed E-state index contributed by atoms with van der Waals surface area (Å²) in [7, 11) is 0. The van der Waals surface area contributed by atoms with E-state index in [0.29, 0.717) is 0 Å². The molecule has 0 radical (unpaired) electrons. The smallest absolute Gasteiger partial charge is 0.0822 e. The molecule has 1 atom stereocenters. The summed E-state index contributed by atoms with van der Waals surface area (Å²) < 4.78 is 6.08. The average molecular weight is 361 g/mol. The Labute approximate surface area is 163 Å². The van der Waals surface area contributed by atoms with E-state index in [4.69, 9.17) is 4.74 Å². The van der Waals surface area contributed by atoms with E-state index in [1.54, 1.807) is 0 Å². The molecule has 0 aliphatic heterocycles. The summed E-state index contributed by atoms with van der Waals surface area (Å²) in [6.07, 6.45) is 21.0. The second-order valence-corrected chi connectivity index (χ2v) is 7.77. The monoisotopic (exact) mass is 360 g/mol. The van der Waals surface area contributed by atoms with Crippen LogP contribution in [0.3, 0.4) is 0 Å². The highest BCUT2D eigenvalue weighted by Crippen LogP contribution is 2.21. The molecule has 26 heavy (non-hydrogen) atoms. The number of hydrogen-bond donors (Lipinski definition) is 0. The maximum atomic E-state index is 6.08. The van der Waals surface area contributed by atoms with Gasteiger partial charge in [0.15, 0.2) is 0 Å². The Morgan fingerprint density at radius 1 is 0.615 bits per heavy atom. The van der Waals surface area contributed by atoms with Gasteiger partial charge in [-0.05, 0) is 18.4 Å². The van der Waals surface area contributed by atoms with Crippen LogP contribution in [0, 0.1) is 0 Å². The van der Waals surface area contributed by atoms with Crippen molar-refractivity contribution >= 4 is 0 Å². The Balaban J connectivity index is 1.83. The molecule has 0 aliphatic rings. The van der Waals surface area contributed by atoms with Crippen molar-refractivity contribution < 1.29 is 4.74 Å². The maximum Gasteiger partial charge on any atom is 0.0822 e. The quantitative estimate of drug-likeness (QED) is 0.238. The maximum absolute atomic E-state index is 6.08. The summed E-state index contributed by atoms with van der Waals surface area (Å²) in [5, 5.41) is 0. The molecule has 1 nitrogen and oxygen atoms in total. The van der Waals surface area contributed by atoms with Crippen molar-refractivity contribution in [2.24, 2.45) is 0 Å². The zero-order valence-corrected chi connectivity index (χ0v) is 17.7. The summed E-state index contributed by atoms with van der Waals surface area (Å²) in [5.74, 6) is 0. The summed E-state index contributed by atoms with van der Waals surface area (Å²) >= 11 is 0. The Morgan fingerprint density at radius 3 is 1.54 bits per heavy atom. The molecule has 0 aliphatic carbocycles. The van der Waals surface area contributed by atoms with Crippen LogP contribution in [0.15, 0.2) is 30.3 Å². The minimum Gasteiger partial charge on any atom is -0.374 e. The van der Waals surface area contributed by atoms with E-state index in [2.05, 4.69) is 44.2 Å². The van der Waals surface area contributed by atoms with Crippen LogP contribution < -0.4 is 0 Å². The zero-order chi connectivity index (χ0) is 18.7. The summed E-state index contributed by atoms with van der Waals surface area (Å²) in [6.45, 7) is 5.41. The highest BCUT2D eigenvalue weighted by molar-refractivity contribution is 5.17. The van der Waals surface area contributed by atoms with E-state index in [0.717, 1.165) is 13.0 Å². The molecule has 0 aromatic heterocycles. The van der Waals surface area contributed by atoms with Gasteiger partial charge in [-0.2, -0.15) is 0 Å². The molecular weight excluding hydrogens is 316 g/mol. The predicted octanol–water partition coefficient (Wildman–Crippen LogP) is 8.64. The molecule has 1 aromatic rings. The molecule has 1 aromatic carbocycles. The van der Waals surface area contributed by atoms with E-state index in [1.165, 1.54) is 95.5 Å². The Kier molecular flexibility index (Phi) is 15.7. The first kappa shape index (κ1) is 23.2. The number of benzene rings is 1. The predicted molar refractivity (Wildman–Crippen MR) is 116 cm³/mol. The van der Waals surface area contributed by atoms with E-state index in [-0.39, 0.29) is 6.10 Å². The van der Waals surface area contributed by atoms with Gasteiger partial charge in [0.1, 0.15) is 0 Å². The van der Waals surface area contributed by atoms with E-state index in [9.17, 15) is 0 Å². The lowest BCUT2D eigenvalue weighted by molar-refractivity contribution is 0.0473. The third-order valence-corrected chi connectivity index (χ3v) is 5.36. The Hall–Kier alpha value is -0.820. The highest BCUT2D eigenvalue weighted by Gasteiger charge is 2.08. The van der Waals surface area contributed by atoms with Crippen LogP contribution in [0.25, 0.3) is 0 Å². The highest BCUT2D eigenvalue weighted by atomic mass is 16.5. The zero-order valence-electron chi connectivity index (χ0n) is 17.7. The fourth-order valence-electron chi connectivity index (χ4n) is 3.64. The molecule has 0 fully saturated rings. The van der Waals surface area contributed by atoms with Gasteiger partial charge in [0.05, 0.1) is 6.10 Å². The minimum absolute atomic E-state index is 0.276. The molecule has 150 valence electrons. The number of hydrogen-bond acceptors (Lipinski definition) is 1. The van der Waals surface area contributed by atoms with Gasteiger partial charge in [-0.3, -0.25) is 0 Å². The molecule has 0 heterocycles. The van der Waals surface area contributed by atoms with Gasteiger partial charge < -0.3 is 4.74 Å². The first-order chi connectivity index (χ1) is 12.9. The molecule has 0 bridgehead atoms. The summed E-state index contributed by atoms with van der Waals surface area (Å²) in [4.78, 5) is 0. The van der Waals surface area contributed by atoms with Gasteiger partial charge in [-0.15, -0.1) is 0 Å². The van der Waals surface area contributed by atoms with Gasteiger partial charge >= 0.3 is 0 Å². The number of unbranched alkanes of at least 4 members (excludes halogenated alkanes) is 13. The third kappa shape index (κ3) is 12.5. The molecule has 0 amide bonds. The molecule has 0 saturated heterocycles. The Morgan fingerprint density at radius 2 is 1.08 bits per heavy atom. The van der Waals surface area contributed by atoms with Crippen LogP contribution in [0.4, 0.5) is 0 Å². The van der Waals surface area contributed by atoms with E-state index >= 15 is 0 Å². The van der Waals surface area contributed by atoms with Crippen molar-refractivity contribution in [3.05, 3.63) is 35.9 Å². The second-order valence-electron chi connectivity index (χ2n) is 7.77. The standard InChI is InChI=1S/C25H44O/c1-3-5-6-7-8-9-10-11-12-13-14-15-16-20-23-26-25(4-2)24-21-18-17-19-22-24/h17-19,21-22,25H,3-16,20,23H2,1-2H3. The molecule has 0 saturated carbocycles. The largest absolute Gasteiger partial charge is 0.374 e. The van der Waals surface area contributed by atoms with Gasteiger partial charge in [0.2, 0.25) is 0 Å². The number of ether oxygens (including phenoxy) is 1. The normalized spacial score (nSPS) is 12.4. The first-order valence-electron chi connectivity index (χ1n) is 11.5. The SMILES string of the molecule is CCCCCCCCCCCCCCCCOC(CC)c1ccccc1. The lowest BCUT2D eigenvalue weighted by Crippen LogP contribution is -2.04. The molecule has 0 spiro atoms. The average Bonchev–Trinajstić information content (AvgIpc) is 2.68. The summed E-state index contributed by atoms with van der Waals surface area (Å²) in [5.41, 5.74) is 1.32. The van der Waals surface area contributed by atoms with Crippen LogP contribution in [0.2, 0.25) is 0 Å². The van der Waals surface area contributed by atoms with Crippen molar-refractivity contribution in [2.45, 2.75) is 116 Å². The fraction of sp³-hybridized carbons (Fsp3) is 0.760. The van der Waals surface area contributed by atoms with E-state index < -0.39 is 0 Å². The van der Waals surface area contributed by atoms with Crippen molar-refractivity contribution in [3.8, 4) is 0 Å². The van der Waals surface area contributed by atoms with Crippen molar-refractivity contribution in [1.82, 2.24) is 0 Å². The topological polar surface area (TPSA) is 9.23 Å². The molecule has 1 unspecified atom stereocenters. The van der Waals surface area contributed by atoms with Crippen LogP contribution in [-0.4, -0.2) is 6.61 Å². The fourth-order valence-corrected chi connectivity index (χ4v) is 3.64. The lowest BCUT2D eigenvalue weighted by atomic mass is 10.0. The summed E-state index contributed by atoms with van der Waals surface area (Å²) in [6, 6.07) is 10.6. The van der Waals surface area contributed by atoms with Gasteiger partial charge in [0.25, 0.3) is 0 Å². The minimum atomic E-state index is 0.276. The lowest BCUT2D eigenvalue weighted by Gasteiger charge is -2.16. The van der Waals surface area contributed by atoms with Crippen LogP contribution in [0.1, 0.15) is 122 Å². The molecule has 1 rings (SSSR count). The van der Waals surface area contributed by atoms with Crippen LogP contribution in [-0.2, 0) is 4.74 Å². The third-order valence-electron chi connectivity index (χ3n) is 5.36. The second kappa shape index (κ2) is 17.6. The van der Waals surface area contributed by atoms with Gasteiger partial charge in [-0.1, -0.05) is 128 Å². The van der Waals surface area contributed by atoms with Gasteiger partial charge in [-0.25, -0.2) is 0 Å². The number of rotatable bonds is 18. The molecule has 0 N–H and O–H groups in total. The van der Waals surface area contributed by atoms with Crippen LogP contribution >= 0.6 is 0 Å². The van der Waals surface area contributed by atoms with Crippen molar-refractivity contribution in [3.63, 3.8) is 0 Å². The van der Waals surface area contributed by atoms with Crippen molar-refractivity contribution in [2.75, 3.05) is 6.61 Å². The van der Waals surface area contributed by atoms with Crippen molar-refractivity contribution in [1.29, 1.82) is 0 Å². The van der Waals surface area contributed by atoms with Crippen LogP contribution in [0.5, 0.6) is 0 Å². The van der Waals surface area contributed by atoms with Gasteiger partial charge in [0, 0.05) is 6.61 Å². The Bertz CT molecular complexity index is 386. The molecule has 1 heteroatoms. The van der Waals surface area contributed by atoms with E-state index in [1.807, 2.05) is 0 Å². The molecular formula is C25H44O.